The van der Waals surface area contributed by atoms with E-state index in [0.717, 1.165) is 24.3 Å². The van der Waals surface area contributed by atoms with Gasteiger partial charge in [0.25, 0.3) is 0 Å². The van der Waals surface area contributed by atoms with Crippen molar-refractivity contribution in [3.63, 3.8) is 0 Å². The first-order valence-electron chi connectivity index (χ1n) is 9.58. The fourth-order valence-corrected chi connectivity index (χ4v) is 4.27. The van der Waals surface area contributed by atoms with Crippen LogP contribution < -0.4 is 5.32 Å². The van der Waals surface area contributed by atoms with Crippen molar-refractivity contribution in [2.75, 3.05) is 32.5 Å². The zero-order chi connectivity index (χ0) is 20.1. The van der Waals surface area contributed by atoms with Gasteiger partial charge in [-0.25, -0.2) is 4.79 Å². The monoisotopic (exact) mass is 401 g/mol. The van der Waals surface area contributed by atoms with Crippen LogP contribution >= 0.6 is 11.3 Å². The Kier molecular flexibility index (Phi) is 6.61. The molecule has 3 rings (SSSR count). The molecule has 2 heterocycles. The van der Waals surface area contributed by atoms with Crippen LogP contribution in [-0.2, 0) is 11.2 Å². The highest BCUT2D eigenvalue weighted by Gasteiger charge is 2.29. The first-order chi connectivity index (χ1) is 13.4. The summed E-state index contributed by atoms with van der Waals surface area (Å²) in [6.07, 6.45) is 2.39. The quantitative estimate of drug-likeness (QED) is 0.834. The number of aromatic nitrogens is 2. The van der Waals surface area contributed by atoms with E-state index < -0.39 is 0 Å². The van der Waals surface area contributed by atoms with Crippen LogP contribution in [0.2, 0.25) is 0 Å². The number of rotatable bonds is 5. The average Bonchev–Trinajstić information content (AvgIpc) is 3.14. The van der Waals surface area contributed by atoms with E-state index in [0.29, 0.717) is 24.1 Å². The second-order valence-corrected chi connectivity index (χ2v) is 8.53. The van der Waals surface area contributed by atoms with E-state index in [9.17, 15) is 9.59 Å². The number of hydrogen-bond donors (Lipinski definition) is 1. The van der Waals surface area contributed by atoms with Gasteiger partial charge in [0.2, 0.25) is 11.0 Å². The molecule has 28 heavy (non-hydrogen) atoms. The molecular formula is C20H27N5O2S. The predicted molar refractivity (Wildman–Crippen MR) is 110 cm³/mol. The lowest BCUT2D eigenvalue weighted by atomic mass is 9.97. The highest BCUT2D eigenvalue weighted by molar-refractivity contribution is 7.15. The first-order valence-corrected chi connectivity index (χ1v) is 10.4. The second-order valence-electron chi connectivity index (χ2n) is 7.47. The van der Waals surface area contributed by atoms with Gasteiger partial charge in [-0.1, -0.05) is 48.6 Å². The lowest BCUT2D eigenvalue weighted by Crippen LogP contribution is -2.47. The number of piperidine rings is 1. The maximum Gasteiger partial charge on any atom is 0.319 e. The van der Waals surface area contributed by atoms with Crippen LogP contribution in [0.5, 0.6) is 0 Å². The van der Waals surface area contributed by atoms with Crippen molar-refractivity contribution < 1.29 is 9.59 Å². The lowest BCUT2D eigenvalue weighted by Gasteiger charge is -2.33. The third-order valence-corrected chi connectivity index (χ3v) is 5.85. The molecule has 2 aromatic rings. The van der Waals surface area contributed by atoms with Crippen molar-refractivity contribution in [2.24, 2.45) is 5.92 Å². The van der Waals surface area contributed by atoms with Crippen LogP contribution in [0.15, 0.2) is 30.3 Å². The zero-order valence-electron chi connectivity index (χ0n) is 16.6. The van der Waals surface area contributed by atoms with Crippen LogP contribution in [0.25, 0.3) is 0 Å². The van der Waals surface area contributed by atoms with E-state index in [2.05, 4.69) is 34.6 Å². The molecule has 1 N–H and O–H groups in total. The Bertz CT molecular complexity index is 808. The van der Waals surface area contributed by atoms with Gasteiger partial charge in [0.15, 0.2) is 0 Å². The standard InChI is InChI=1S/C20H27N5O2S/c1-14(15-8-5-4-6-9-15)12-17-22-23-19(28-17)21-18(26)16-10-7-11-25(13-16)20(27)24(2)3/h4-6,8-9,14,16H,7,10-13H2,1-3H3,(H,21,23,26)/t14-,16-/m0/s1. The molecule has 8 heteroatoms. The van der Waals surface area contributed by atoms with E-state index in [1.807, 2.05) is 18.2 Å². The maximum atomic E-state index is 12.6. The minimum atomic E-state index is -0.215. The van der Waals surface area contributed by atoms with E-state index in [-0.39, 0.29) is 17.9 Å². The summed E-state index contributed by atoms with van der Waals surface area (Å²) in [5.41, 5.74) is 1.26. The Morgan fingerprint density at radius 3 is 2.75 bits per heavy atom. The molecule has 1 aromatic heterocycles. The molecule has 2 atom stereocenters. The van der Waals surface area contributed by atoms with Crippen LogP contribution in [0.1, 0.15) is 36.3 Å². The molecule has 0 spiro atoms. The zero-order valence-corrected chi connectivity index (χ0v) is 17.4. The summed E-state index contributed by atoms with van der Waals surface area (Å²) in [6, 6.07) is 10.2. The van der Waals surface area contributed by atoms with Gasteiger partial charge < -0.3 is 15.1 Å². The summed E-state index contributed by atoms with van der Waals surface area (Å²) >= 11 is 1.42. The molecule has 0 bridgehead atoms. The maximum absolute atomic E-state index is 12.6. The van der Waals surface area contributed by atoms with Gasteiger partial charge in [-0.15, -0.1) is 10.2 Å². The van der Waals surface area contributed by atoms with E-state index in [1.165, 1.54) is 16.9 Å². The number of carbonyl (C=O) groups excluding carboxylic acids is 2. The number of likely N-dealkylation sites (tertiary alicyclic amines) is 1. The number of nitrogens with one attached hydrogen (secondary N) is 1. The molecular weight excluding hydrogens is 374 g/mol. The molecule has 1 aromatic carbocycles. The average molecular weight is 402 g/mol. The predicted octanol–water partition coefficient (Wildman–Crippen LogP) is 3.22. The number of carbonyl (C=O) groups is 2. The molecule has 1 aliphatic heterocycles. The fraction of sp³-hybridized carbons (Fsp3) is 0.500. The van der Waals surface area contributed by atoms with Gasteiger partial charge in [0, 0.05) is 33.6 Å². The molecule has 150 valence electrons. The number of anilines is 1. The molecule has 7 nitrogen and oxygen atoms in total. The van der Waals surface area contributed by atoms with Gasteiger partial charge in [-0.2, -0.15) is 0 Å². The van der Waals surface area contributed by atoms with E-state index in [4.69, 9.17) is 0 Å². The highest BCUT2D eigenvalue weighted by Crippen LogP contribution is 2.25. The number of urea groups is 1. The molecule has 3 amide bonds. The molecule has 1 fully saturated rings. The van der Waals surface area contributed by atoms with Crippen LogP contribution in [0.4, 0.5) is 9.93 Å². The second kappa shape index (κ2) is 9.14. The van der Waals surface area contributed by atoms with Crippen LogP contribution in [0.3, 0.4) is 0 Å². The Balaban J connectivity index is 1.55. The van der Waals surface area contributed by atoms with Crippen molar-refractivity contribution in [3.05, 3.63) is 40.9 Å². The van der Waals surface area contributed by atoms with Gasteiger partial charge in [-0.05, 0) is 24.3 Å². The molecule has 1 saturated heterocycles. The third-order valence-electron chi connectivity index (χ3n) is 4.99. The van der Waals surface area contributed by atoms with Crippen molar-refractivity contribution in [2.45, 2.75) is 32.1 Å². The Morgan fingerprint density at radius 2 is 2.04 bits per heavy atom. The summed E-state index contributed by atoms with van der Waals surface area (Å²) in [5, 5.41) is 12.7. The van der Waals surface area contributed by atoms with Gasteiger partial charge >= 0.3 is 6.03 Å². The summed E-state index contributed by atoms with van der Waals surface area (Å²) in [6.45, 7) is 3.30. The Morgan fingerprint density at radius 1 is 1.29 bits per heavy atom. The van der Waals surface area contributed by atoms with Crippen LogP contribution in [0, 0.1) is 5.92 Å². The summed E-state index contributed by atoms with van der Waals surface area (Å²) in [5.74, 6) is 0.0324. The molecule has 0 radical (unpaired) electrons. The largest absolute Gasteiger partial charge is 0.331 e. The lowest BCUT2D eigenvalue weighted by molar-refractivity contribution is -0.121. The topological polar surface area (TPSA) is 78.4 Å². The van der Waals surface area contributed by atoms with Gasteiger partial charge in [0.1, 0.15) is 5.01 Å². The van der Waals surface area contributed by atoms with Gasteiger partial charge in [0.05, 0.1) is 5.92 Å². The number of hydrogen-bond acceptors (Lipinski definition) is 5. The normalized spacial score (nSPS) is 17.8. The molecule has 1 aliphatic rings. The minimum Gasteiger partial charge on any atom is -0.331 e. The van der Waals surface area contributed by atoms with Crippen molar-refractivity contribution in [3.8, 4) is 0 Å². The Labute approximate surface area is 169 Å². The summed E-state index contributed by atoms with van der Waals surface area (Å²) < 4.78 is 0. The van der Waals surface area contributed by atoms with Gasteiger partial charge in [-0.3, -0.25) is 4.79 Å². The third kappa shape index (κ3) is 5.07. The van der Waals surface area contributed by atoms with Crippen LogP contribution in [-0.4, -0.2) is 59.1 Å². The highest BCUT2D eigenvalue weighted by atomic mass is 32.1. The van der Waals surface area contributed by atoms with Crippen molar-refractivity contribution in [1.29, 1.82) is 0 Å². The molecule has 0 saturated carbocycles. The fourth-order valence-electron chi connectivity index (χ4n) is 3.40. The number of nitrogens with zero attached hydrogens (tertiary/aromatic N) is 4. The first kappa shape index (κ1) is 20.3. The number of amides is 3. The smallest absolute Gasteiger partial charge is 0.319 e. The molecule has 0 unspecified atom stereocenters. The summed E-state index contributed by atoms with van der Waals surface area (Å²) in [7, 11) is 3.45. The minimum absolute atomic E-state index is 0.0504. The van der Waals surface area contributed by atoms with E-state index in [1.54, 1.807) is 23.9 Å². The Hall–Kier alpha value is -2.48. The van der Waals surface area contributed by atoms with Crippen molar-refractivity contribution in [1.82, 2.24) is 20.0 Å². The SMILES string of the molecule is C[C@@H](Cc1nnc(NC(=O)[C@H]2CCCN(C(=O)N(C)C)C2)s1)c1ccccc1. The molecule has 0 aliphatic carbocycles. The van der Waals surface area contributed by atoms with Crippen molar-refractivity contribution >= 4 is 28.4 Å². The van der Waals surface area contributed by atoms with E-state index >= 15 is 0 Å². The number of benzene rings is 1. The summed E-state index contributed by atoms with van der Waals surface area (Å²) in [4.78, 5) is 28.1.